The minimum atomic E-state index is -3.67. The van der Waals surface area contributed by atoms with Gasteiger partial charge >= 0.3 is 145 Å². The SMILES string of the molecule is O=C(O)[O][BiH]([c]1ccccc1)([CH]1CCCCC1)[CH]1CCCCC1. The van der Waals surface area contributed by atoms with Crippen LogP contribution in [0.5, 0.6) is 0 Å². The van der Waals surface area contributed by atoms with Crippen molar-refractivity contribution in [2.45, 2.75) is 71.5 Å². The fourth-order valence-corrected chi connectivity index (χ4v) is 26.7. The van der Waals surface area contributed by atoms with Crippen LogP contribution < -0.4 is 3.27 Å². The van der Waals surface area contributed by atoms with Crippen molar-refractivity contribution in [3.8, 4) is 0 Å². The van der Waals surface area contributed by atoms with Crippen molar-refractivity contribution in [1.29, 1.82) is 0 Å². The van der Waals surface area contributed by atoms with E-state index in [0.717, 1.165) is 0 Å². The molecule has 0 aliphatic heterocycles. The van der Waals surface area contributed by atoms with Gasteiger partial charge in [-0.15, -0.1) is 0 Å². The Balaban J connectivity index is 2.04. The van der Waals surface area contributed by atoms with Crippen LogP contribution in [0.1, 0.15) is 64.2 Å². The topological polar surface area (TPSA) is 46.5 Å². The molecule has 128 valence electrons. The average Bonchev–Trinajstić information content (AvgIpc) is 2.62. The van der Waals surface area contributed by atoms with E-state index >= 15 is 0 Å². The molecule has 0 amide bonds. The molecule has 2 saturated carbocycles. The molecule has 1 aromatic carbocycles. The molecule has 0 atom stereocenters. The first-order chi connectivity index (χ1) is 11.2. The molecule has 0 bridgehead atoms. The normalized spacial score (nSPS) is 21.7. The second kappa shape index (κ2) is 7.97. The summed E-state index contributed by atoms with van der Waals surface area (Å²) in [5.74, 6) is 0. The fourth-order valence-electron chi connectivity index (χ4n) is 4.94. The molecule has 23 heavy (non-hydrogen) atoms. The van der Waals surface area contributed by atoms with E-state index < -0.39 is 26.9 Å². The first-order valence-electron chi connectivity index (χ1n) is 9.21. The molecule has 1 aromatic rings. The van der Waals surface area contributed by atoms with E-state index in [4.69, 9.17) is 2.81 Å². The zero-order valence-corrected chi connectivity index (χ0v) is 17.8. The summed E-state index contributed by atoms with van der Waals surface area (Å²) in [4.78, 5) is 11.7. The van der Waals surface area contributed by atoms with E-state index in [1.807, 2.05) is 6.07 Å². The summed E-state index contributed by atoms with van der Waals surface area (Å²) in [5, 5.41) is 9.61. The summed E-state index contributed by atoms with van der Waals surface area (Å²) < 4.78 is 8.41. The van der Waals surface area contributed by atoms with Crippen LogP contribution in [0.3, 0.4) is 0 Å². The third-order valence-electron chi connectivity index (χ3n) is 5.90. The Morgan fingerprint density at radius 3 is 1.78 bits per heavy atom. The van der Waals surface area contributed by atoms with Gasteiger partial charge in [0.25, 0.3) is 0 Å². The van der Waals surface area contributed by atoms with E-state index in [9.17, 15) is 9.90 Å². The second-order valence-corrected chi connectivity index (χ2v) is 22.7. The van der Waals surface area contributed by atoms with Crippen molar-refractivity contribution in [3.63, 3.8) is 0 Å². The number of rotatable bonds is 4. The van der Waals surface area contributed by atoms with Crippen LogP contribution >= 0.6 is 0 Å². The summed E-state index contributed by atoms with van der Waals surface area (Å²) in [7, 11) is 0. The first kappa shape index (κ1) is 17.2. The Kier molecular flexibility index (Phi) is 5.96. The molecule has 0 spiro atoms. The molecule has 2 aliphatic rings. The minimum absolute atomic E-state index is 0.540. The molecule has 0 radical (unpaired) electrons. The Morgan fingerprint density at radius 1 is 0.870 bits per heavy atom. The molecule has 2 fully saturated rings. The zero-order chi connectivity index (χ0) is 16.1. The summed E-state index contributed by atoms with van der Waals surface area (Å²) in [5.41, 5.74) is 0. The van der Waals surface area contributed by atoms with E-state index in [2.05, 4.69) is 24.3 Å². The molecule has 0 aromatic heterocycles. The number of carboxylic acid groups (broad SMARTS) is 1. The van der Waals surface area contributed by atoms with Crippen LogP contribution in [0.4, 0.5) is 4.79 Å². The van der Waals surface area contributed by atoms with Gasteiger partial charge in [0, 0.05) is 0 Å². The van der Waals surface area contributed by atoms with Gasteiger partial charge < -0.3 is 0 Å². The van der Waals surface area contributed by atoms with Gasteiger partial charge in [-0.05, 0) is 0 Å². The molecule has 3 rings (SSSR count). The summed E-state index contributed by atoms with van der Waals surface area (Å²) in [6.07, 6.45) is 11.3. The molecule has 3 nitrogen and oxygen atoms in total. The van der Waals surface area contributed by atoms with Crippen molar-refractivity contribution in [1.82, 2.24) is 0 Å². The Morgan fingerprint density at radius 2 is 1.35 bits per heavy atom. The van der Waals surface area contributed by atoms with Crippen LogP contribution in [0.2, 0.25) is 7.25 Å². The number of hydrogen-bond acceptors (Lipinski definition) is 2. The van der Waals surface area contributed by atoms with Crippen molar-refractivity contribution in [2.24, 2.45) is 0 Å². The summed E-state index contributed by atoms with van der Waals surface area (Å²) in [6.45, 7) is 0. The van der Waals surface area contributed by atoms with Gasteiger partial charge in [0.15, 0.2) is 0 Å². The Hall–Kier alpha value is -0.627. The molecular formula is C19H29BiO3. The van der Waals surface area contributed by atoms with Gasteiger partial charge in [-0.1, -0.05) is 0 Å². The van der Waals surface area contributed by atoms with Crippen LogP contribution in [-0.2, 0) is 2.81 Å². The quantitative estimate of drug-likeness (QED) is 0.580. The van der Waals surface area contributed by atoms with Gasteiger partial charge in [-0.25, -0.2) is 0 Å². The third-order valence-corrected chi connectivity index (χ3v) is 26.6. The predicted octanol–water partition coefficient (Wildman–Crippen LogP) is 4.93. The Bertz CT molecular complexity index is 487. The summed E-state index contributed by atoms with van der Waals surface area (Å²) in [6, 6.07) is 10.5. The van der Waals surface area contributed by atoms with Gasteiger partial charge in [-0.3, -0.25) is 0 Å². The predicted molar refractivity (Wildman–Crippen MR) is 96.0 cm³/mol. The molecule has 4 heteroatoms. The maximum absolute atomic E-state index is 11.7. The van der Waals surface area contributed by atoms with Crippen LogP contribution in [-0.4, -0.2) is 32.0 Å². The van der Waals surface area contributed by atoms with Crippen molar-refractivity contribution in [2.75, 3.05) is 0 Å². The van der Waals surface area contributed by atoms with Gasteiger partial charge in [0.05, 0.1) is 0 Å². The van der Waals surface area contributed by atoms with Gasteiger partial charge in [-0.2, -0.15) is 0 Å². The average molecular weight is 514 g/mol. The van der Waals surface area contributed by atoms with Crippen molar-refractivity contribution in [3.05, 3.63) is 30.3 Å². The molecule has 1 N–H and O–H groups in total. The van der Waals surface area contributed by atoms with E-state index in [0.29, 0.717) is 7.25 Å². The van der Waals surface area contributed by atoms with Gasteiger partial charge in [0.1, 0.15) is 0 Å². The van der Waals surface area contributed by atoms with Gasteiger partial charge in [0.2, 0.25) is 0 Å². The number of carbonyl (C=O) groups is 1. The van der Waals surface area contributed by atoms with Crippen molar-refractivity contribution >= 4 is 30.1 Å². The number of benzene rings is 1. The van der Waals surface area contributed by atoms with Crippen LogP contribution in [0.25, 0.3) is 0 Å². The zero-order valence-electron chi connectivity index (χ0n) is 13.9. The van der Waals surface area contributed by atoms with E-state index in [-0.39, 0.29) is 0 Å². The van der Waals surface area contributed by atoms with Crippen LogP contribution in [0.15, 0.2) is 30.3 Å². The molecular weight excluding hydrogens is 485 g/mol. The van der Waals surface area contributed by atoms with Crippen LogP contribution in [0, 0.1) is 0 Å². The third kappa shape index (κ3) is 3.73. The standard InChI is InChI=1S/2C6H11.C6H5.CH2O3.Bi.H/c3*1-2-4-6-5-3-1;2-1(3)4;;/h2*1H,2-6H2;1-5H;(H2,2,3,4);;/q;;;;+1;/p-1. The number of hydrogen-bond donors (Lipinski definition) is 1. The summed E-state index contributed by atoms with van der Waals surface area (Å²) >= 11 is -3.67. The Labute approximate surface area is 144 Å². The second-order valence-electron chi connectivity index (χ2n) is 7.20. The van der Waals surface area contributed by atoms with Crippen molar-refractivity contribution < 1.29 is 12.7 Å². The monoisotopic (exact) mass is 514 g/mol. The maximum atomic E-state index is 11.7. The molecule has 0 saturated heterocycles. The van der Waals surface area contributed by atoms with E-state index in [1.165, 1.54) is 67.5 Å². The fraction of sp³-hybridized carbons (Fsp3) is 0.632. The van der Waals surface area contributed by atoms with E-state index in [1.54, 1.807) is 0 Å². The molecule has 0 heterocycles. The molecule has 0 unspecified atom stereocenters. The molecule has 2 aliphatic carbocycles. The first-order valence-corrected chi connectivity index (χ1v) is 17.2.